The highest BCUT2D eigenvalue weighted by Gasteiger charge is 2.24. The van der Waals surface area contributed by atoms with Gasteiger partial charge in [-0.2, -0.15) is 0 Å². The highest BCUT2D eigenvalue weighted by molar-refractivity contribution is 5.26. The minimum absolute atomic E-state index is 0.0380. The van der Waals surface area contributed by atoms with Crippen LogP contribution < -0.4 is 5.32 Å². The minimum atomic E-state index is 0.0380. The van der Waals surface area contributed by atoms with E-state index in [0.717, 1.165) is 32.5 Å². The van der Waals surface area contributed by atoms with Crippen LogP contribution in [0.2, 0.25) is 0 Å². The second-order valence-electron chi connectivity index (χ2n) is 5.61. The number of nitrogens with one attached hydrogen (secondary N) is 1. The maximum absolute atomic E-state index is 9.57. The van der Waals surface area contributed by atoms with Crippen LogP contribution in [0, 0.1) is 19.3 Å². The molecule has 0 aromatic carbocycles. The van der Waals surface area contributed by atoms with E-state index in [1.54, 1.807) is 0 Å². The Balaban J connectivity index is 2.63. The van der Waals surface area contributed by atoms with Gasteiger partial charge in [-0.05, 0) is 45.2 Å². The van der Waals surface area contributed by atoms with Crippen molar-refractivity contribution in [3.63, 3.8) is 0 Å². The van der Waals surface area contributed by atoms with Gasteiger partial charge in [-0.3, -0.25) is 0 Å². The molecule has 0 atom stereocenters. The zero-order chi connectivity index (χ0) is 14.5. The van der Waals surface area contributed by atoms with Crippen molar-refractivity contribution in [3.8, 4) is 0 Å². The fourth-order valence-corrected chi connectivity index (χ4v) is 2.78. The van der Waals surface area contributed by atoms with Crippen molar-refractivity contribution in [3.05, 3.63) is 23.0 Å². The van der Waals surface area contributed by atoms with Gasteiger partial charge in [0.05, 0.1) is 0 Å². The van der Waals surface area contributed by atoms with E-state index < -0.39 is 0 Å². The zero-order valence-electron chi connectivity index (χ0n) is 13.2. The summed E-state index contributed by atoms with van der Waals surface area (Å²) in [6.45, 7) is 13.9. The number of rotatable bonds is 8. The molecule has 0 aliphatic carbocycles. The van der Waals surface area contributed by atoms with E-state index in [0.29, 0.717) is 0 Å². The van der Waals surface area contributed by atoms with Crippen LogP contribution in [0.5, 0.6) is 0 Å². The third-order valence-electron chi connectivity index (χ3n) is 4.65. The lowest BCUT2D eigenvalue weighted by Gasteiger charge is -2.29. The molecule has 19 heavy (non-hydrogen) atoms. The van der Waals surface area contributed by atoms with Crippen molar-refractivity contribution < 1.29 is 5.11 Å². The van der Waals surface area contributed by atoms with Crippen LogP contribution in [0.25, 0.3) is 0 Å². The van der Waals surface area contributed by atoms with E-state index >= 15 is 0 Å². The van der Waals surface area contributed by atoms with E-state index in [1.165, 1.54) is 17.0 Å². The number of aromatic nitrogens is 1. The van der Waals surface area contributed by atoms with Gasteiger partial charge in [0, 0.05) is 43.0 Å². The summed E-state index contributed by atoms with van der Waals surface area (Å²) in [5.74, 6) is 0. The molecule has 0 bridgehead atoms. The first-order valence-corrected chi connectivity index (χ1v) is 7.50. The van der Waals surface area contributed by atoms with Crippen LogP contribution in [-0.2, 0) is 13.1 Å². The van der Waals surface area contributed by atoms with Gasteiger partial charge in [0.15, 0.2) is 0 Å². The molecule has 1 aromatic heterocycles. The third-order valence-corrected chi connectivity index (χ3v) is 4.65. The molecular formula is C16H30N2O. The lowest BCUT2D eigenvalue weighted by atomic mass is 9.83. The van der Waals surface area contributed by atoms with Gasteiger partial charge in [0.2, 0.25) is 0 Å². The molecule has 0 saturated heterocycles. The summed E-state index contributed by atoms with van der Waals surface area (Å²) in [5, 5.41) is 13.1. The van der Waals surface area contributed by atoms with Gasteiger partial charge in [0.25, 0.3) is 0 Å². The summed E-state index contributed by atoms with van der Waals surface area (Å²) in [5.41, 5.74) is 4.10. The molecule has 0 unspecified atom stereocenters. The first-order chi connectivity index (χ1) is 9.03. The summed E-state index contributed by atoms with van der Waals surface area (Å²) >= 11 is 0. The fraction of sp³-hybridized carbons (Fsp3) is 0.750. The Bertz CT molecular complexity index is 383. The largest absolute Gasteiger partial charge is 0.396 e. The minimum Gasteiger partial charge on any atom is -0.396 e. The molecule has 1 aromatic rings. The van der Waals surface area contributed by atoms with Gasteiger partial charge < -0.3 is 15.0 Å². The Morgan fingerprint density at radius 3 is 2.26 bits per heavy atom. The normalized spacial score (nSPS) is 12.1. The smallest absolute Gasteiger partial charge is 0.0499 e. The molecule has 0 spiro atoms. The number of aliphatic hydroxyl groups excluding tert-OH is 1. The maximum Gasteiger partial charge on any atom is 0.0499 e. The summed E-state index contributed by atoms with van der Waals surface area (Å²) < 4.78 is 2.34. The van der Waals surface area contributed by atoms with E-state index in [9.17, 15) is 5.11 Å². The fourth-order valence-electron chi connectivity index (χ4n) is 2.78. The van der Waals surface area contributed by atoms with Crippen molar-refractivity contribution in [2.45, 2.75) is 60.5 Å². The van der Waals surface area contributed by atoms with E-state index in [1.807, 2.05) is 0 Å². The molecule has 0 fully saturated rings. The molecule has 0 amide bonds. The zero-order valence-corrected chi connectivity index (χ0v) is 13.2. The number of hydrogen-bond acceptors (Lipinski definition) is 2. The molecule has 1 heterocycles. The molecule has 110 valence electrons. The highest BCUT2D eigenvalue weighted by Crippen LogP contribution is 2.24. The van der Waals surface area contributed by atoms with Crippen LogP contribution in [-0.4, -0.2) is 22.8 Å². The Labute approximate surface area is 118 Å². The monoisotopic (exact) mass is 266 g/mol. The van der Waals surface area contributed by atoms with Crippen LogP contribution in [0.15, 0.2) is 6.07 Å². The molecule has 0 aliphatic heterocycles. The van der Waals surface area contributed by atoms with Crippen LogP contribution in [0.1, 0.15) is 50.6 Å². The van der Waals surface area contributed by atoms with E-state index in [2.05, 4.69) is 50.6 Å². The van der Waals surface area contributed by atoms with E-state index in [-0.39, 0.29) is 12.0 Å². The summed E-state index contributed by atoms with van der Waals surface area (Å²) in [4.78, 5) is 0. The third kappa shape index (κ3) is 3.61. The highest BCUT2D eigenvalue weighted by atomic mass is 16.3. The van der Waals surface area contributed by atoms with Gasteiger partial charge in [-0.1, -0.05) is 13.8 Å². The number of hydrogen-bond donors (Lipinski definition) is 2. The maximum atomic E-state index is 9.57. The lowest BCUT2D eigenvalue weighted by Crippen LogP contribution is -2.36. The second kappa shape index (κ2) is 7.11. The van der Waals surface area contributed by atoms with Crippen molar-refractivity contribution in [2.24, 2.45) is 5.41 Å². The van der Waals surface area contributed by atoms with Gasteiger partial charge >= 0.3 is 0 Å². The predicted molar refractivity (Wildman–Crippen MR) is 81.4 cm³/mol. The second-order valence-corrected chi connectivity index (χ2v) is 5.61. The number of nitrogens with zero attached hydrogens (tertiary/aromatic N) is 1. The Kier molecular flexibility index (Phi) is 6.08. The van der Waals surface area contributed by atoms with Crippen molar-refractivity contribution in [1.29, 1.82) is 0 Å². The molecule has 2 N–H and O–H groups in total. The van der Waals surface area contributed by atoms with Crippen LogP contribution in [0.3, 0.4) is 0 Å². The molecule has 3 nitrogen and oxygen atoms in total. The van der Waals surface area contributed by atoms with Crippen LogP contribution >= 0.6 is 0 Å². The average Bonchev–Trinajstić information content (AvgIpc) is 2.70. The van der Waals surface area contributed by atoms with Gasteiger partial charge in [-0.25, -0.2) is 0 Å². The van der Waals surface area contributed by atoms with Gasteiger partial charge in [-0.15, -0.1) is 0 Å². The average molecular weight is 266 g/mol. The molecule has 3 heteroatoms. The predicted octanol–water partition coefficient (Wildman–Crippen LogP) is 3.01. The lowest BCUT2D eigenvalue weighted by molar-refractivity contribution is 0.113. The van der Waals surface area contributed by atoms with Crippen LogP contribution in [0.4, 0.5) is 0 Å². The first-order valence-electron chi connectivity index (χ1n) is 7.50. The Morgan fingerprint density at radius 1 is 1.21 bits per heavy atom. The summed E-state index contributed by atoms with van der Waals surface area (Å²) in [6, 6.07) is 2.27. The van der Waals surface area contributed by atoms with E-state index in [4.69, 9.17) is 0 Å². The SMILES string of the molecule is CCn1c(C)cc(CNCC(CC)(CC)CO)c1C. The molecule has 0 radical (unpaired) electrons. The van der Waals surface area contributed by atoms with Gasteiger partial charge in [0.1, 0.15) is 0 Å². The summed E-state index contributed by atoms with van der Waals surface area (Å²) in [7, 11) is 0. The molecule has 0 aliphatic rings. The first kappa shape index (κ1) is 16.3. The molecule has 1 rings (SSSR count). The quantitative estimate of drug-likeness (QED) is 0.759. The standard InChI is InChI=1S/C16H30N2O/c1-6-16(7-2,12-19)11-17-10-15-9-13(4)18(8-3)14(15)5/h9,17,19H,6-8,10-12H2,1-5H3. The molecule has 0 saturated carbocycles. The summed E-state index contributed by atoms with van der Waals surface area (Å²) in [6.07, 6.45) is 2.03. The molecular weight excluding hydrogens is 236 g/mol. The van der Waals surface area contributed by atoms with Crippen molar-refractivity contribution >= 4 is 0 Å². The topological polar surface area (TPSA) is 37.2 Å². The van der Waals surface area contributed by atoms with Crippen molar-refractivity contribution in [1.82, 2.24) is 9.88 Å². The number of aliphatic hydroxyl groups is 1. The number of aryl methyl sites for hydroxylation is 1. The Morgan fingerprint density at radius 2 is 1.84 bits per heavy atom. The van der Waals surface area contributed by atoms with Crippen molar-refractivity contribution in [2.75, 3.05) is 13.2 Å². The Hall–Kier alpha value is -0.800.